The maximum Gasteiger partial charge on any atom is 0.227 e. The number of rotatable bonds is 13. The van der Waals surface area contributed by atoms with Crippen LogP contribution in [0.15, 0.2) is 441 Å². The molecule has 0 aliphatic heterocycles. The number of thiazole rings is 1. The lowest BCUT2D eigenvalue weighted by Crippen LogP contribution is -2.00. The van der Waals surface area contributed by atoms with Gasteiger partial charge in [0, 0.05) is 88.6 Å². The van der Waals surface area contributed by atoms with Crippen molar-refractivity contribution in [3.8, 4) is 141 Å². The number of oxazole rings is 1. The monoisotopic (exact) mass is 1670 g/mol. The van der Waals surface area contributed by atoms with Gasteiger partial charge in [0.15, 0.2) is 46.4 Å². The SMILES string of the molecule is c1ccc(-c2cc(-c3ccccc3)nc(-c3ccc4c(ccc5ccc6oc(-c7ccccc7)nc6c54)c3)n2)cc1.c1ccc(-c2nc(-c3ccccc3)nc(-c3ccc4c(ccc5ccc6c(nc(-c7ccccc7)n6-c6ccccc6)c54)c3)n2)cc1.c1ccc(-c2nc(-c3ccccc3)nc(-c3ccc4ccc5ccc6sc(-c7ccccc7)nc6c5c4c3)n2)cc1. The number of hydrogen-bond acceptors (Lipinski definition) is 13. The Labute approximate surface area is 745 Å². The van der Waals surface area contributed by atoms with Gasteiger partial charge in [0.2, 0.25) is 5.89 Å². The fourth-order valence-electron chi connectivity index (χ4n) is 17.2. The van der Waals surface area contributed by atoms with Crippen LogP contribution in [0.4, 0.5) is 0 Å². The van der Waals surface area contributed by atoms with Gasteiger partial charge < -0.3 is 4.42 Å². The standard InChI is InChI=1S/C42H27N5.C37H23N3O.C36H22N4S/c1-5-13-29(14-6-1)39-44-40(30-15-7-2-8-16-30)46-41(45-39)33-23-25-35-32(27-33)22-21-28-24-26-36-38(37(28)35)43-42(31-17-9-3-10-18-31)47(36)34-19-11-4-12-20-34;1-4-10-24(11-5-1)31-23-32(25-12-6-2-7-13-25)39-36(38-31)29-18-20-30-28(22-29)17-16-26-19-21-33-35(34(26)30)40-37(41-33)27-14-8-3-9-15-27;1-4-10-25(11-5-1)33-38-34(26-12-6-2-7-13-26)40-35(39-33)28-19-17-23-16-18-24-20-21-30-32(31(24)29(23)22-28)37-36(41-30)27-14-8-3-9-15-27/h1-27H;1-23H;1-22H. The smallest absolute Gasteiger partial charge is 0.227 e. The van der Waals surface area contributed by atoms with Crippen LogP contribution in [0.25, 0.3) is 238 Å². The van der Waals surface area contributed by atoms with E-state index >= 15 is 0 Å². The van der Waals surface area contributed by atoms with Crippen molar-refractivity contribution in [1.29, 1.82) is 0 Å². The summed E-state index contributed by atoms with van der Waals surface area (Å²) in [7, 11) is 0. The van der Waals surface area contributed by atoms with Crippen LogP contribution < -0.4 is 0 Å². The second kappa shape index (κ2) is 33.4. The maximum absolute atomic E-state index is 6.18. The first-order valence-corrected chi connectivity index (χ1v) is 43.6. The van der Waals surface area contributed by atoms with Gasteiger partial charge in [0.25, 0.3) is 0 Å². The number of hydrogen-bond donors (Lipinski definition) is 0. The Morgan fingerprint density at radius 3 is 1.04 bits per heavy atom. The number of para-hydroxylation sites is 1. The Hall–Kier alpha value is -17.3. The van der Waals surface area contributed by atoms with E-state index in [1.54, 1.807) is 11.3 Å². The third-order valence-corrected chi connectivity index (χ3v) is 24.5. The minimum atomic E-state index is 0.626. The van der Waals surface area contributed by atoms with E-state index in [1.807, 2.05) is 212 Å². The van der Waals surface area contributed by atoms with Crippen LogP contribution in [0, 0.1) is 0 Å². The lowest BCUT2D eigenvalue weighted by Gasteiger charge is -2.11. The largest absolute Gasteiger partial charge is 0.436 e. The Kier molecular flexibility index (Phi) is 19.8. The molecule has 14 heteroatoms. The van der Waals surface area contributed by atoms with Crippen LogP contribution in [0.2, 0.25) is 0 Å². The molecule has 0 N–H and O–H groups in total. The Morgan fingerprint density at radius 2 is 0.558 bits per heavy atom. The van der Waals surface area contributed by atoms with Crippen molar-refractivity contribution in [2.24, 2.45) is 0 Å². The van der Waals surface area contributed by atoms with E-state index in [0.29, 0.717) is 46.7 Å². The highest BCUT2D eigenvalue weighted by atomic mass is 32.1. The zero-order valence-electron chi connectivity index (χ0n) is 69.3. The van der Waals surface area contributed by atoms with E-state index in [0.717, 1.165) is 187 Å². The van der Waals surface area contributed by atoms with Gasteiger partial charge in [-0.2, -0.15) is 0 Å². The molecule has 0 bridgehead atoms. The van der Waals surface area contributed by atoms with E-state index in [-0.39, 0.29) is 0 Å². The Morgan fingerprint density at radius 1 is 0.209 bits per heavy atom. The molecule has 13 nitrogen and oxygen atoms in total. The normalized spacial score (nSPS) is 11.4. The molecule has 0 aliphatic rings. The second-order valence-electron chi connectivity index (χ2n) is 31.6. The van der Waals surface area contributed by atoms with Crippen LogP contribution in [0.5, 0.6) is 0 Å². The molecule has 6 aromatic heterocycles. The van der Waals surface area contributed by atoms with Gasteiger partial charge in [-0.3, -0.25) is 4.57 Å². The summed E-state index contributed by atoms with van der Waals surface area (Å²) in [5, 5.41) is 14.6. The van der Waals surface area contributed by atoms with Gasteiger partial charge in [-0.25, -0.2) is 54.8 Å². The van der Waals surface area contributed by atoms with Crippen LogP contribution in [0.1, 0.15) is 0 Å². The van der Waals surface area contributed by atoms with Crippen molar-refractivity contribution < 1.29 is 4.42 Å². The molecule has 0 saturated heterocycles. The lowest BCUT2D eigenvalue weighted by atomic mass is 9.98. The summed E-state index contributed by atoms with van der Waals surface area (Å²) in [6.45, 7) is 0. The fraction of sp³-hybridized carbons (Fsp3) is 0. The maximum atomic E-state index is 6.18. The molecular formula is C115H72N12OS. The van der Waals surface area contributed by atoms with Crippen LogP contribution in [-0.2, 0) is 0 Å². The van der Waals surface area contributed by atoms with Crippen molar-refractivity contribution in [2.75, 3.05) is 0 Å². The average molecular weight is 1670 g/mol. The van der Waals surface area contributed by atoms with E-state index in [4.69, 9.17) is 59.2 Å². The van der Waals surface area contributed by atoms with Crippen molar-refractivity contribution in [3.63, 3.8) is 0 Å². The molecule has 6 heterocycles. The third kappa shape index (κ3) is 14.9. The van der Waals surface area contributed by atoms with E-state index in [9.17, 15) is 0 Å². The lowest BCUT2D eigenvalue weighted by molar-refractivity contribution is 0.620. The summed E-state index contributed by atoms with van der Waals surface area (Å²) in [4.78, 5) is 55.0. The predicted octanol–water partition coefficient (Wildman–Crippen LogP) is 29.2. The fourth-order valence-corrected chi connectivity index (χ4v) is 18.1. The number of aromatic nitrogens is 12. The summed E-state index contributed by atoms with van der Waals surface area (Å²) in [5.41, 5.74) is 19.5. The van der Waals surface area contributed by atoms with E-state index < -0.39 is 0 Å². The quantitative estimate of drug-likeness (QED) is 0.101. The van der Waals surface area contributed by atoms with Crippen LogP contribution >= 0.6 is 11.3 Å². The predicted molar refractivity (Wildman–Crippen MR) is 527 cm³/mol. The second-order valence-corrected chi connectivity index (χ2v) is 32.6. The minimum absolute atomic E-state index is 0.626. The first-order valence-electron chi connectivity index (χ1n) is 42.8. The van der Waals surface area contributed by atoms with Gasteiger partial charge >= 0.3 is 0 Å². The highest BCUT2D eigenvalue weighted by Crippen LogP contribution is 2.43. The van der Waals surface area contributed by atoms with Crippen molar-refractivity contribution in [2.45, 2.75) is 0 Å². The highest BCUT2D eigenvalue weighted by molar-refractivity contribution is 7.21. The van der Waals surface area contributed by atoms with E-state index in [1.165, 1.54) is 4.70 Å². The third-order valence-electron chi connectivity index (χ3n) is 23.5. The Balaban J connectivity index is 0.000000111. The molecule has 0 radical (unpaired) electrons. The van der Waals surface area contributed by atoms with Crippen molar-refractivity contribution >= 4 is 108 Å². The van der Waals surface area contributed by atoms with Crippen molar-refractivity contribution in [1.82, 2.24) is 59.4 Å². The zero-order valence-corrected chi connectivity index (χ0v) is 70.1. The van der Waals surface area contributed by atoms with Gasteiger partial charge in [0.05, 0.1) is 32.6 Å². The summed E-state index contributed by atoms with van der Waals surface area (Å²) in [6, 6.07) is 149. The average Bonchev–Trinajstić information content (AvgIpc) is 1.60. The number of benzene rings is 19. The van der Waals surface area contributed by atoms with E-state index in [2.05, 4.69) is 229 Å². The summed E-state index contributed by atoms with van der Waals surface area (Å²) >= 11 is 1.73. The molecule has 25 rings (SSSR count). The molecular weight excluding hydrogens is 1600 g/mol. The van der Waals surface area contributed by atoms with Gasteiger partial charge in [-0.05, 0) is 115 Å². The molecule has 0 aliphatic carbocycles. The summed E-state index contributed by atoms with van der Waals surface area (Å²) in [5.74, 6) is 6.12. The number of fused-ring (bicyclic) bond motifs is 15. The van der Waals surface area contributed by atoms with Crippen molar-refractivity contribution in [3.05, 3.63) is 437 Å². The minimum Gasteiger partial charge on any atom is -0.436 e. The molecule has 129 heavy (non-hydrogen) atoms. The molecule has 25 aromatic rings. The number of imidazole rings is 1. The van der Waals surface area contributed by atoms with Crippen LogP contribution in [-0.4, -0.2) is 59.4 Å². The molecule has 0 amide bonds. The van der Waals surface area contributed by atoms with Crippen LogP contribution in [0.3, 0.4) is 0 Å². The molecule has 0 fully saturated rings. The van der Waals surface area contributed by atoms with Gasteiger partial charge in [0.1, 0.15) is 16.3 Å². The molecule has 0 spiro atoms. The highest BCUT2D eigenvalue weighted by Gasteiger charge is 2.23. The Bertz CT molecular complexity index is 8340. The van der Waals surface area contributed by atoms with Gasteiger partial charge in [-0.1, -0.05) is 370 Å². The zero-order chi connectivity index (χ0) is 85.5. The molecule has 0 unspecified atom stereocenters. The topological polar surface area (TPSA) is 160 Å². The molecule has 19 aromatic carbocycles. The summed E-state index contributed by atoms with van der Waals surface area (Å²) in [6.07, 6.45) is 0. The summed E-state index contributed by atoms with van der Waals surface area (Å²) < 4.78 is 9.62. The molecule has 604 valence electrons. The van der Waals surface area contributed by atoms with Gasteiger partial charge in [-0.15, -0.1) is 11.3 Å². The molecule has 0 saturated carbocycles. The molecule has 0 atom stereocenters. The number of nitrogens with zero attached hydrogens (tertiary/aromatic N) is 12. The first-order chi connectivity index (χ1) is 63.9. The first kappa shape index (κ1) is 76.5.